The van der Waals surface area contributed by atoms with Crippen LogP contribution in [-0.2, 0) is 6.54 Å². The van der Waals surface area contributed by atoms with Gasteiger partial charge in [-0.2, -0.15) is 0 Å². The second-order valence-corrected chi connectivity index (χ2v) is 8.70. The zero-order valence-corrected chi connectivity index (χ0v) is 18.2. The fourth-order valence-corrected chi connectivity index (χ4v) is 4.23. The molecule has 29 heavy (non-hydrogen) atoms. The molecule has 0 radical (unpaired) electrons. The molecule has 3 aromatic heterocycles. The van der Waals surface area contributed by atoms with Gasteiger partial charge in [-0.3, -0.25) is 4.98 Å². The topological polar surface area (TPSA) is 43.6 Å². The molecule has 5 heteroatoms. The van der Waals surface area contributed by atoms with Gasteiger partial charge in [-0.1, -0.05) is 20.8 Å². The van der Waals surface area contributed by atoms with E-state index in [-0.39, 0.29) is 0 Å². The van der Waals surface area contributed by atoms with E-state index in [4.69, 9.17) is 9.97 Å². The van der Waals surface area contributed by atoms with Crippen LogP contribution in [0, 0.1) is 0 Å². The Hall–Kier alpha value is -2.66. The minimum absolute atomic E-state index is 0.465. The highest BCUT2D eigenvalue weighted by Crippen LogP contribution is 2.32. The number of hydrogen-bond donors (Lipinski definition) is 0. The summed E-state index contributed by atoms with van der Waals surface area (Å²) in [5.41, 5.74) is 5.43. The van der Waals surface area contributed by atoms with Gasteiger partial charge in [0.15, 0.2) is 5.82 Å². The van der Waals surface area contributed by atoms with Crippen molar-refractivity contribution in [1.82, 2.24) is 19.5 Å². The molecule has 0 N–H and O–H groups in total. The Morgan fingerprint density at radius 3 is 2.48 bits per heavy atom. The summed E-state index contributed by atoms with van der Waals surface area (Å²) in [5.74, 6) is 2.28. The molecule has 0 saturated heterocycles. The van der Waals surface area contributed by atoms with Crippen molar-refractivity contribution in [3.05, 3.63) is 60.7 Å². The molecule has 0 aliphatic heterocycles. The zero-order valence-electron chi connectivity index (χ0n) is 17.4. The molecule has 0 unspecified atom stereocenters. The number of fused-ring (bicyclic) bond motifs is 1. The minimum atomic E-state index is 0.465. The number of aromatic nitrogens is 4. The lowest BCUT2D eigenvalue weighted by Crippen LogP contribution is -1.93. The number of hydrogen-bond acceptors (Lipinski definition) is 4. The molecule has 0 bridgehead atoms. The number of thioether (sulfide) groups is 1. The average Bonchev–Trinajstić information content (AvgIpc) is 3.12. The van der Waals surface area contributed by atoms with Gasteiger partial charge in [0.25, 0.3) is 0 Å². The van der Waals surface area contributed by atoms with E-state index in [0.717, 1.165) is 34.9 Å². The summed E-state index contributed by atoms with van der Waals surface area (Å²) < 4.78 is 2.26. The first-order valence-corrected chi connectivity index (χ1v) is 11.1. The summed E-state index contributed by atoms with van der Waals surface area (Å²) in [6, 6.07) is 10.9. The van der Waals surface area contributed by atoms with Crippen LogP contribution in [0.5, 0.6) is 0 Å². The lowest BCUT2D eigenvalue weighted by atomic mass is 10.0. The molecule has 0 fully saturated rings. The van der Waals surface area contributed by atoms with Crippen molar-refractivity contribution >= 4 is 22.7 Å². The van der Waals surface area contributed by atoms with Crippen LogP contribution >= 0.6 is 11.8 Å². The lowest BCUT2D eigenvalue weighted by Gasteiger charge is -2.07. The van der Waals surface area contributed by atoms with Gasteiger partial charge in [0, 0.05) is 58.3 Å². The molecule has 0 amide bonds. The smallest absolute Gasteiger partial charge is 0.161 e. The number of aryl methyl sites for hydroxylation is 1. The van der Waals surface area contributed by atoms with Crippen molar-refractivity contribution in [2.75, 3.05) is 5.75 Å². The lowest BCUT2D eigenvalue weighted by molar-refractivity contribution is 0.797. The van der Waals surface area contributed by atoms with Crippen molar-refractivity contribution in [3.8, 4) is 22.6 Å². The van der Waals surface area contributed by atoms with Gasteiger partial charge in [0.05, 0.1) is 5.69 Å². The van der Waals surface area contributed by atoms with Crippen molar-refractivity contribution in [2.45, 2.75) is 45.1 Å². The Morgan fingerprint density at radius 2 is 1.79 bits per heavy atom. The van der Waals surface area contributed by atoms with Crippen LogP contribution in [0.25, 0.3) is 33.5 Å². The molecule has 0 spiro atoms. The molecular formula is C24H26N4S. The quantitative estimate of drug-likeness (QED) is 0.349. The molecule has 1 aromatic carbocycles. The van der Waals surface area contributed by atoms with Crippen LogP contribution in [0.1, 0.15) is 39.2 Å². The Bertz CT molecular complexity index is 1130. The van der Waals surface area contributed by atoms with Gasteiger partial charge >= 0.3 is 0 Å². The van der Waals surface area contributed by atoms with Crippen LogP contribution in [-0.4, -0.2) is 25.3 Å². The summed E-state index contributed by atoms with van der Waals surface area (Å²) in [6.07, 6.45) is 7.79. The van der Waals surface area contributed by atoms with E-state index in [1.807, 2.05) is 30.4 Å². The minimum Gasteiger partial charge on any atom is -0.347 e. The summed E-state index contributed by atoms with van der Waals surface area (Å²) in [4.78, 5) is 15.2. The second-order valence-electron chi connectivity index (χ2n) is 7.37. The zero-order chi connectivity index (χ0) is 20.4. The molecule has 0 atom stereocenters. The SMILES string of the molecule is CCSc1ccc2c(c1)c(-c1ncc(-c3cc(C(C)C)ccn3)cn1)cn2CC. The van der Waals surface area contributed by atoms with Crippen LogP contribution in [0.4, 0.5) is 0 Å². The van der Waals surface area contributed by atoms with E-state index >= 15 is 0 Å². The third-order valence-electron chi connectivity index (χ3n) is 5.14. The van der Waals surface area contributed by atoms with Crippen LogP contribution in [0.3, 0.4) is 0 Å². The fourth-order valence-electron chi connectivity index (χ4n) is 3.54. The van der Waals surface area contributed by atoms with Gasteiger partial charge in [0.1, 0.15) is 0 Å². The first-order chi connectivity index (χ1) is 14.1. The van der Waals surface area contributed by atoms with Gasteiger partial charge in [-0.05, 0) is 54.5 Å². The molecular weight excluding hydrogens is 376 g/mol. The van der Waals surface area contributed by atoms with E-state index in [0.29, 0.717) is 5.92 Å². The number of rotatable bonds is 6. The number of benzene rings is 1. The normalized spacial score (nSPS) is 11.5. The van der Waals surface area contributed by atoms with Crippen molar-refractivity contribution < 1.29 is 0 Å². The predicted molar refractivity (Wildman–Crippen MR) is 122 cm³/mol. The van der Waals surface area contributed by atoms with Crippen LogP contribution in [0.2, 0.25) is 0 Å². The van der Waals surface area contributed by atoms with Crippen molar-refractivity contribution in [1.29, 1.82) is 0 Å². The van der Waals surface area contributed by atoms with Gasteiger partial charge < -0.3 is 4.57 Å². The Balaban J connectivity index is 1.75. The maximum atomic E-state index is 4.70. The highest BCUT2D eigenvalue weighted by molar-refractivity contribution is 7.99. The average molecular weight is 403 g/mol. The molecule has 4 rings (SSSR count). The monoisotopic (exact) mass is 402 g/mol. The Morgan fingerprint density at radius 1 is 1.00 bits per heavy atom. The molecule has 0 aliphatic rings. The number of nitrogens with zero attached hydrogens (tertiary/aromatic N) is 4. The van der Waals surface area contributed by atoms with E-state index in [1.54, 1.807) is 0 Å². The standard InChI is InChI=1S/C24H26N4S/c1-5-28-15-21(20-12-19(29-6-2)7-8-23(20)28)24-26-13-18(14-27-24)22-11-17(16(3)4)9-10-25-22/h7-16H,5-6H2,1-4H3. The maximum Gasteiger partial charge on any atom is 0.161 e. The largest absolute Gasteiger partial charge is 0.347 e. The highest BCUT2D eigenvalue weighted by Gasteiger charge is 2.13. The second kappa shape index (κ2) is 8.37. The highest BCUT2D eigenvalue weighted by atomic mass is 32.2. The van der Waals surface area contributed by atoms with Crippen molar-refractivity contribution in [3.63, 3.8) is 0 Å². The summed E-state index contributed by atoms with van der Waals surface area (Å²) >= 11 is 1.86. The van der Waals surface area contributed by atoms with Gasteiger partial charge in [0.2, 0.25) is 0 Å². The maximum absolute atomic E-state index is 4.70. The molecule has 4 aromatic rings. The molecule has 0 saturated carbocycles. The first kappa shape index (κ1) is 19.6. The van der Waals surface area contributed by atoms with Crippen LogP contribution < -0.4 is 0 Å². The van der Waals surface area contributed by atoms with E-state index in [1.165, 1.54) is 21.4 Å². The molecule has 4 nitrogen and oxygen atoms in total. The first-order valence-electron chi connectivity index (χ1n) is 10.1. The van der Waals surface area contributed by atoms with E-state index in [2.05, 4.69) is 73.8 Å². The summed E-state index contributed by atoms with van der Waals surface area (Å²) in [6.45, 7) is 9.63. The third kappa shape index (κ3) is 3.92. The molecule has 0 aliphatic carbocycles. The predicted octanol–water partition coefficient (Wildman–Crippen LogP) is 6.42. The molecule has 3 heterocycles. The van der Waals surface area contributed by atoms with Gasteiger partial charge in [-0.25, -0.2) is 9.97 Å². The van der Waals surface area contributed by atoms with E-state index in [9.17, 15) is 0 Å². The third-order valence-corrected chi connectivity index (χ3v) is 6.02. The van der Waals surface area contributed by atoms with Crippen molar-refractivity contribution in [2.24, 2.45) is 0 Å². The summed E-state index contributed by atoms with van der Waals surface area (Å²) in [5, 5.41) is 1.21. The summed E-state index contributed by atoms with van der Waals surface area (Å²) in [7, 11) is 0. The van der Waals surface area contributed by atoms with E-state index < -0.39 is 0 Å². The molecule has 148 valence electrons. The Labute approximate surface area is 176 Å². The fraction of sp³-hybridized carbons (Fsp3) is 0.292. The van der Waals surface area contributed by atoms with Gasteiger partial charge in [-0.15, -0.1) is 11.8 Å². The Kier molecular flexibility index (Phi) is 5.67. The van der Waals surface area contributed by atoms with Crippen LogP contribution in [0.15, 0.2) is 60.0 Å². The number of pyridine rings is 1.